The number of hydrogen-bond acceptors (Lipinski definition) is 18. The Morgan fingerprint density at radius 1 is 0.432 bits per heavy atom. The maximum atomic E-state index is 12.8. The number of benzene rings is 5. The lowest BCUT2D eigenvalue weighted by Gasteiger charge is -2.15. The molecule has 5 aromatic carbocycles. The zero-order chi connectivity index (χ0) is 53.8. The molecule has 26 heteroatoms. The van der Waals surface area contributed by atoms with Gasteiger partial charge < -0.3 is 20.4 Å². The van der Waals surface area contributed by atoms with E-state index in [9.17, 15) is 51.9 Å². The molecule has 0 aliphatic carbocycles. The Morgan fingerprint density at radius 3 is 1.20 bits per heavy atom. The van der Waals surface area contributed by atoms with Crippen LogP contribution in [-0.2, 0) is 59.7 Å². The van der Waals surface area contributed by atoms with E-state index < -0.39 is 60.1 Å². The Kier molecular flexibility index (Phi) is 16.0. The van der Waals surface area contributed by atoms with Crippen molar-refractivity contribution in [1.82, 2.24) is 29.9 Å². The number of aromatic nitrogens is 6. The van der Waals surface area contributed by atoms with Gasteiger partial charge in [0.25, 0.3) is 40.5 Å². The van der Waals surface area contributed by atoms with Crippen LogP contribution in [0.25, 0.3) is 24.3 Å². The molecular formula is C48H48N10O12S4. The third-order valence-electron chi connectivity index (χ3n) is 10.8. The Hall–Kier alpha value is -7.56. The van der Waals surface area contributed by atoms with Gasteiger partial charge in [0.15, 0.2) is 0 Å². The van der Waals surface area contributed by atoms with Gasteiger partial charge in [0.2, 0.25) is 23.8 Å². The van der Waals surface area contributed by atoms with E-state index in [-0.39, 0.29) is 57.9 Å². The average molecular weight is 1090 g/mol. The van der Waals surface area contributed by atoms with Crippen molar-refractivity contribution in [2.45, 2.75) is 45.8 Å². The van der Waals surface area contributed by atoms with Crippen LogP contribution in [0.2, 0.25) is 0 Å². The van der Waals surface area contributed by atoms with Gasteiger partial charge in [0.05, 0.1) is 0 Å². The molecule has 2 aromatic heterocycles. The molecule has 0 saturated carbocycles. The van der Waals surface area contributed by atoms with Crippen LogP contribution in [0.3, 0.4) is 0 Å². The first kappa shape index (κ1) is 54.2. The number of anilines is 6. The van der Waals surface area contributed by atoms with Gasteiger partial charge in [-0.05, 0) is 81.8 Å². The van der Waals surface area contributed by atoms with Crippen molar-refractivity contribution in [2.24, 2.45) is 0 Å². The van der Waals surface area contributed by atoms with Crippen molar-refractivity contribution in [3.05, 3.63) is 154 Å². The molecule has 0 radical (unpaired) electrons. The Labute approximate surface area is 427 Å². The zero-order valence-corrected chi connectivity index (χ0v) is 43.3. The van der Waals surface area contributed by atoms with Crippen molar-refractivity contribution in [1.29, 1.82) is 0 Å². The summed E-state index contributed by atoms with van der Waals surface area (Å²) in [7, 11) is -12.6. The summed E-state index contributed by atoms with van der Waals surface area (Å²) in [4.78, 5) is 27.8. The molecule has 74 heavy (non-hydrogen) atoms. The first-order valence-electron chi connectivity index (χ1n) is 22.0. The van der Waals surface area contributed by atoms with Crippen molar-refractivity contribution >= 4 is 99.9 Å². The molecule has 0 unspecified atom stereocenters. The molecule has 2 heterocycles. The highest BCUT2D eigenvalue weighted by molar-refractivity contribution is 7.86. The van der Waals surface area contributed by atoms with Crippen molar-refractivity contribution in [3.8, 4) is 0 Å². The molecule has 0 fully saturated rings. The molecule has 0 amide bonds. The zero-order valence-electron chi connectivity index (χ0n) is 40.0. The van der Waals surface area contributed by atoms with E-state index in [2.05, 4.69) is 40.5 Å². The Morgan fingerprint density at radius 2 is 0.797 bits per heavy atom. The van der Waals surface area contributed by atoms with Crippen LogP contribution in [0.15, 0.2) is 123 Å². The van der Waals surface area contributed by atoms with E-state index in [0.717, 1.165) is 17.7 Å². The topological polar surface area (TPSA) is 325 Å². The maximum absolute atomic E-state index is 12.8. The van der Waals surface area contributed by atoms with Crippen LogP contribution >= 0.6 is 0 Å². The van der Waals surface area contributed by atoms with Gasteiger partial charge in [-0.2, -0.15) is 58.6 Å². The molecule has 0 aliphatic heterocycles. The third-order valence-corrected chi connectivity index (χ3v) is 14.4. The highest BCUT2D eigenvalue weighted by Gasteiger charge is 2.22. The summed E-state index contributed by atoms with van der Waals surface area (Å²) in [5, 5.41) is 5.70. The second-order valence-electron chi connectivity index (χ2n) is 16.8. The van der Waals surface area contributed by atoms with Crippen LogP contribution in [0.5, 0.6) is 0 Å². The maximum Gasteiger partial charge on any atom is 0.295 e. The fraction of sp³-hybridized carbons (Fsp3) is 0.167. The summed E-state index contributed by atoms with van der Waals surface area (Å²) >= 11 is 0. The number of aryl methyl sites for hydroxylation is 1. The lowest BCUT2D eigenvalue weighted by Crippen LogP contribution is -2.17. The molecule has 0 spiro atoms. The molecule has 22 nitrogen and oxygen atoms in total. The fourth-order valence-corrected chi connectivity index (χ4v) is 10.1. The number of nitrogens with zero attached hydrogens (tertiary/aromatic N) is 8. The van der Waals surface area contributed by atoms with Crippen molar-refractivity contribution < 1.29 is 51.9 Å². The predicted octanol–water partition coefficient (Wildman–Crippen LogP) is 6.75. The van der Waals surface area contributed by atoms with Crippen LogP contribution < -0.4 is 20.4 Å². The molecule has 0 bridgehead atoms. The highest BCUT2D eigenvalue weighted by atomic mass is 32.2. The van der Waals surface area contributed by atoms with E-state index in [4.69, 9.17) is 0 Å². The fourth-order valence-electron chi connectivity index (χ4n) is 7.22. The minimum Gasteiger partial charge on any atom is -0.347 e. The first-order chi connectivity index (χ1) is 34.7. The van der Waals surface area contributed by atoms with E-state index in [1.807, 2.05) is 30.3 Å². The number of rotatable bonds is 19. The summed E-state index contributed by atoms with van der Waals surface area (Å²) in [6, 6.07) is 25.8. The Balaban J connectivity index is 1.15. The third kappa shape index (κ3) is 13.9. The van der Waals surface area contributed by atoms with Crippen LogP contribution in [0.1, 0.15) is 57.5 Å². The normalized spacial score (nSPS) is 12.3. The second kappa shape index (κ2) is 21.9. The number of nitrogens with one attached hydrogen (secondary N) is 2. The smallest absolute Gasteiger partial charge is 0.295 e. The summed E-state index contributed by atoms with van der Waals surface area (Å²) in [5.41, 5.74) is 2.06. The molecule has 0 atom stereocenters. The van der Waals surface area contributed by atoms with Gasteiger partial charge in [0.1, 0.15) is 31.2 Å². The molecule has 6 N–H and O–H groups in total. The molecular weight excluding hydrogens is 1040 g/mol. The van der Waals surface area contributed by atoms with E-state index in [1.165, 1.54) is 77.7 Å². The van der Waals surface area contributed by atoms with Crippen LogP contribution in [0, 0.1) is 0 Å². The Bertz CT molecular complexity index is 3810. The van der Waals surface area contributed by atoms with Crippen molar-refractivity contribution in [2.75, 3.05) is 48.6 Å². The van der Waals surface area contributed by atoms with Gasteiger partial charge >= 0.3 is 0 Å². The average Bonchev–Trinajstić information content (AvgIpc) is 3.32. The lowest BCUT2D eigenvalue weighted by molar-refractivity contribution is 0.480. The molecule has 7 rings (SSSR count). The standard InChI is InChI=1S/C48H48N10O12S4/c1-6-30-12-14-33(39(24-30)71(59,60)61)16-18-35-20-22-37(28-41(35)73(65,66)67)49-45-54-46(56-48(55-45)58(4)5)50-38-23-21-36(42(29-38)74(68,69)70)19-17-34-15-13-32(25-40(34)72(62,63)64)27-44-51-43(52-47(53-44)57(2)3)26-31-10-8-7-9-11-31/h7-25,28-29H,6,26-27H2,1-5H3,(H,59,60,61)(H,62,63,64)(H,65,66,67)(H,68,69,70)(H2,49,50,54,55,56)/b18-16+,19-17+. The predicted molar refractivity (Wildman–Crippen MR) is 279 cm³/mol. The summed E-state index contributed by atoms with van der Waals surface area (Å²) in [5.74, 6) is 0.981. The summed E-state index contributed by atoms with van der Waals surface area (Å²) in [6.45, 7) is 1.80. The lowest BCUT2D eigenvalue weighted by atomic mass is 10.1. The van der Waals surface area contributed by atoms with Crippen molar-refractivity contribution in [3.63, 3.8) is 0 Å². The minimum absolute atomic E-state index is 0.0164. The number of hydrogen-bond donors (Lipinski definition) is 6. The van der Waals surface area contributed by atoms with Gasteiger partial charge in [-0.15, -0.1) is 0 Å². The highest BCUT2D eigenvalue weighted by Crippen LogP contribution is 2.30. The van der Waals surface area contributed by atoms with E-state index >= 15 is 0 Å². The van der Waals surface area contributed by atoms with Crippen LogP contribution in [0.4, 0.5) is 35.2 Å². The second-order valence-corrected chi connectivity index (χ2v) is 22.4. The quantitative estimate of drug-likeness (QED) is 0.0360. The monoisotopic (exact) mass is 1080 g/mol. The van der Waals surface area contributed by atoms with Gasteiger partial charge in [-0.25, -0.2) is 4.98 Å². The molecule has 0 aliphatic rings. The van der Waals surface area contributed by atoms with Crippen LogP contribution in [-0.4, -0.2) is 110 Å². The van der Waals surface area contributed by atoms with E-state index in [1.54, 1.807) is 52.1 Å². The van der Waals surface area contributed by atoms with Gasteiger partial charge in [0, 0.05) is 52.4 Å². The summed E-state index contributed by atoms with van der Waals surface area (Å²) in [6.07, 6.45) is 5.97. The van der Waals surface area contributed by atoms with Gasteiger partial charge in [-0.1, -0.05) is 98.0 Å². The summed E-state index contributed by atoms with van der Waals surface area (Å²) < 4.78 is 141. The molecule has 7 aromatic rings. The van der Waals surface area contributed by atoms with Gasteiger partial charge in [-0.3, -0.25) is 18.2 Å². The first-order valence-corrected chi connectivity index (χ1v) is 27.7. The largest absolute Gasteiger partial charge is 0.347 e. The minimum atomic E-state index is -4.96. The molecule has 0 saturated heterocycles. The molecule has 386 valence electrons. The van der Waals surface area contributed by atoms with E-state index in [0.29, 0.717) is 41.6 Å². The SMILES string of the molecule is CCc1ccc(/C=C/c2ccc(Nc3nc(Nc4ccc(/C=C/c5ccc(Cc6nc(Cc7ccccc7)nc(N(C)C)n6)cc5S(=O)(=O)O)c(S(=O)(=O)O)c4)nc(N(C)C)n3)cc2S(=O)(=O)O)c(S(=O)(=O)O)c1.